The molecule has 2 rings (SSSR count). The van der Waals surface area contributed by atoms with Crippen LogP contribution in [0.15, 0.2) is 60.3 Å². The number of benzene rings is 2. The maximum Gasteiger partial charge on any atom is 0.337 e. The normalized spacial score (nSPS) is 10.5. The number of hydrogen-bond acceptors (Lipinski definition) is 5. The maximum atomic E-state index is 12.1. The van der Waals surface area contributed by atoms with E-state index in [0.29, 0.717) is 22.0 Å². The number of methoxy groups -OCH3 is 1. The molecule has 2 aromatic carbocycles. The lowest BCUT2D eigenvalue weighted by Crippen LogP contribution is -2.14. The first-order valence-corrected chi connectivity index (χ1v) is 7.53. The molecule has 1 amide bonds. The van der Waals surface area contributed by atoms with Crippen molar-refractivity contribution in [3.05, 3.63) is 70.9 Å². The molecule has 0 saturated heterocycles. The fourth-order valence-electron chi connectivity index (χ4n) is 1.89. The Morgan fingerprint density at radius 1 is 1.16 bits per heavy atom. The first-order chi connectivity index (χ1) is 12.0. The number of carbonyl (C=O) groups is 2. The van der Waals surface area contributed by atoms with E-state index < -0.39 is 11.9 Å². The Labute approximate surface area is 149 Å². The molecule has 0 spiro atoms. The van der Waals surface area contributed by atoms with E-state index in [1.165, 1.54) is 13.3 Å². The van der Waals surface area contributed by atoms with Crippen LogP contribution in [-0.4, -0.2) is 19.0 Å². The summed E-state index contributed by atoms with van der Waals surface area (Å²) in [4.78, 5) is 23.6. The number of nitriles is 1. The van der Waals surface area contributed by atoms with Gasteiger partial charge in [-0.3, -0.25) is 4.79 Å². The van der Waals surface area contributed by atoms with E-state index >= 15 is 0 Å². The monoisotopic (exact) mass is 355 g/mol. The van der Waals surface area contributed by atoms with Crippen molar-refractivity contribution in [1.82, 2.24) is 0 Å². The number of ether oxygens (including phenoxy) is 1. The van der Waals surface area contributed by atoms with Crippen molar-refractivity contribution in [1.29, 1.82) is 5.26 Å². The average molecular weight is 356 g/mol. The lowest BCUT2D eigenvalue weighted by atomic mass is 10.2. The minimum Gasteiger partial charge on any atom is -0.465 e. The van der Waals surface area contributed by atoms with Gasteiger partial charge in [-0.15, -0.1) is 0 Å². The molecule has 0 bridgehead atoms. The van der Waals surface area contributed by atoms with Crippen molar-refractivity contribution in [3.8, 4) is 6.07 Å². The average Bonchev–Trinajstić information content (AvgIpc) is 2.63. The molecule has 0 atom stereocenters. The number of esters is 1. The van der Waals surface area contributed by atoms with Crippen molar-refractivity contribution >= 4 is 34.9 Å². The van der Waals surface area contributed by atoms with Gasteiger partial charge in [-0.05, 0) is 42.5 Å². The largest absolute Gasteiger partial charge is 0.465 e. The van der Waals surface area contributed by atoms with E-state index in [9.17, 15) is 9.59 Å². The second kappa shape index (κ2) is 8.52. The van der Waals surface area contributed by atoms with E-state index in [4.69, 9.17) is 16.9 Å². The van der Waals surface area contributed by atoms with Crippen molar-refractivity contribution in [2.24, 2.45) is 0 Å². The Bertz CT molecular complexity index is 855. The SMILES string of the molecule is COC(=O)c1cccc(N/C=C(/C#N)C(=O)Nc2ccc(Cl)cc2)c1. The van der Waals surface area contributed by atoms with Crippen LogP contribution >= 0.6 is 11.6 Å². The third-order valence-corrected chi connectivity index (χ3v) is 3.39. The summed E-state index contributed by atoms with van der Waals surface area (Å²) in [6.45, 7) is 0. The van der Waals surface area contributed by atoms with E-state index in [2.05, 4.69) is 15.4 Å². The van der Waals surface area contributed by atoms with Crippen LogP contribution in [0.25, 0.3) is 0 Å². The number of hydrogen-bond donors (Lipinski definition) is 2. The van der Waals surface area contributed by atoms with E-state index in [0.717, 1.165) is 0 Å². The smallest absolute Gasteiger partial charge is 0.337 e. The van der Waals surface area contributed by atoms with Crippen LogP contribution in [0.1, 0.15) is 10.4 Å². The van der Waals surface area contributed by atoms with Crippen LogP contribution in [0.2, 0.25) is 5.02 Å². The summed E-state index contributed by atoms with van der Waals surface area (Å²) in [5.74, 6) is -1.05. The molecule has 0 aromatic heterocycles. The molecule has 6 nitrogen and oxygen atoms in total. The highest BCUT2D eigenvalue weighted by molar-refractivity contribution is 6.30. The Balaban J connectivity index is 2.09. The van der Waals surface area contributed by atoms with Gasteiger partial charge in [-0.1, -0.05) is 17.7 Å². The summed E-state index contributed by atoms with van der Waals surface area (Å²) in [5, 5.41) is 15.1. The van der Waals surface area contributed by atoms with E-state index in [1.54, 1.807) is 48.5 Å². The zero-order valence-corrected chi connectivity index (χ0v) is 14.0. The standard InChI is InChI=1S/C18H14ClN3O3/c1-25-18(24)12-3-2-4-16(9-12)21-11-13(10-20)17(23)22-15-7-5-14(19)6-8-15/h2-9,11,21H,1H3,(H,22,23)/b13-11-. The molecule has 0 aliphatic carbocycles. The summed E-state index contributed by atoms with van der Waals surface area (Å²) in [6, 6.07) is 14.8. The number of carbonyl (C=O) groups excluding carboxylic acids is 2. The van der Waals surface area contributed by atoms with Gasteiger partial charge in [0.2, 0.25) is 0 Å². The van der Waals surface area contributed by atoms with Crippen molar-refractivity contribution < 1.29 is 14.3 Å². The molecule has 0 unspecified atom stereocenters. The molecule has 2 N–H and O–H groups in total. The Morgan fingerprint density at radius 3 is 2.52 bits per heavy atom. The number of amides is 1. The van der Waals surface area contributed by atoms with Gasteiger partial charge in [0, 0.05) is 22.6 Å². The highest BCUT2D eigenvalue weighted by Gasteiger charge is 2.10. The third kappa shape index (κ3) is 5.09. The fraction of sp³-hybridized carbons (Fsp3) is 0.0556. The molecule has 0 saturated carbocycles. The first-order valence-electron chi connectivity index (χ1n) is 7.15. The fourth-order valence-corrected chi connectivity index (χ4v) is 2.02. The van der Waals surface area contributed by atoms with E-state index in [-0.39, 0.29) is 5.57 Å². The van der Waals surface area contributed by atoms with Gasteiger partial charge in [0.25, 0.3) is 5.91 Å². The molecule has 0 aliphatic rings. The number of anilines is 2. The molecule has 126 valence electrons. The predicted molar refractivity (Wildman–Crippen MR) is 95.2 cm³/mol. The minimum absolute atomic E-state index is 0.126. The van der Waals surface area contributed by atoms with Crippen molar-refractivity contribution in [3.63, 3.8) is 0 Å². The Kier molecular flexibility index (Phi) is 6.15. The first kappa shape index (κ1) is 18.0. The highest BCUT2D eigenvalue weighted by Crippen LogP contribution is 2.15. The molecule has 25 heavy (non-hydrogen) atoms. The van der Waals surface area contributed by atoms with Crippen molar-refractivity contribution in [2.75, 3.05) is 17.7 Å². The number of nitrogens with one attached hydrogen (secondary N) is 2. The number of halogens is 1. The van der Waals surface area contributed by atoms with Gasteiger partial charge in [0.1, 0.15) is 11.6 Å². The van der Waals surface area contributed by atoms with Crippen molar-refractivity contribution in [2.45, 2.75) is 0 Å². The van der Waals surface area contributed by atoms with Gasteiger partial charge in [0.15, 0.2) is 0 Å². The number of rotatable bonds is 5. The maximum absolute atomic E-state index is 12.1. The van der Waals surface area contributed by atoms with Gasteiger partial charge in [-0.25, -0.2) is 4.79 Å². The van der Waals surface area contributed by atoms with Gasteiger partial charge in [-0.2, -0.15) is 5.26 Å². The zero-order chi connectivity index (χ0) is 18.2. The summed E-state index contributed by atoms with van der Waals surface area (Å²) in [6.07, 6.45) is 1.27. The van der Waals surface area contributed by atoms with Crippen LogP contribution in [0, 0.1) is 11.3 Å². The molecular formula is C18H14ClN3O3. The minimum atomic E-state index is -0.568. The summed E-state index contributed by atoms with van der Waals surface area (Å²) in [5.41, 5.74) is 1.28. The van der Waals surface area contributed by atoms with Crippen LogP contribution in [0.5, 0.6) is 0 Å². The predicted octanol–water partition coefficient (Wildman–Crippen LogP) is 3.58. The molecule has 0 heterocycles. The second-order valence-corrected chi connectivity index (χ2v) is 5.28. The summed E-state index contributed by atoms with van der Waals surface area (Å²) in [7, 11) is 1.29. The molecule has 2 aromatic rings. The topological polar surface area (TPSA) is 91.2 Å². The summed E-state index contributed by atoms with van der Waals surface area (Å²) < 4.78 is 4.64. The molecule has 0 fully saturated rings. The van der Waals surface area contributed by atoms with Crippen LogP contribution < -0.4 is 10.6 Å². The quantitative estimate of drug-likeness (QED) is 0.486. The van der Waals surface area contributed by atoms with E-state index in [1.807, 2.05) is 6.07 Å². The van der Waals surface area contributed by atoms with Crippen LogP contribution in [0.4, 0.5) is 11.4 Å². The molecule has 7 heteroatoms. The van der Waals surface area contributed by atoms with Gasteiger partial charge < -0.3 is 15.4 Å². The molecule has 0 aliphatic heterocycles. The Morgan fingerprint density at radius 2 is 1.88 bits per heavy atom. The lowest BCUT2D eigenvalue weighted by molar-refractivity contribution is -0.112. The van der Waals surface area contributed by atoms with Crippen LogP contribution in [0.3, 0.4) is 0 Å². The number of nitrogens with zero attached hydrogens (tertiary/aromatic N) is 1. The second-order valence-electron chi connectivity index (χ2n) is 4.85. The molecular weight excluding hydrogens is 342 g/mol. The van der Waals surface area contributed by atoms with Crippen LogP contribution in [-0.2, 0) is 9.53 Å². The summed E-state index contributed by atoms with van der Waals surface area (Å²) >= 11 is 5.78. The Hall–Kier alpha value is -3.30. The highest BCUT2D eigenvalue weighted by atomic mass is 35.5. The lowest BCUT2D eigenvalue weighted by Gasteiger charge is -2.06. The molecule has 0 radical (unpaired) electrons. The van der Waals surface area contributed by atoms with Gasteiger partial charge in [0.05, 0.1) is 12.7 Å². The van der Waals surface area contributed by atoms with Gasteiger partial charge >= 0.3 is 5.97 Å². The third-order valence-electron chi connectivity index (χ3n) is 3.13. The zero-order valence-electron chi connectivity index (χ0n) is 13.2.